The van der Waals surface area contributed by atoms with Gasteiger partial charge in [0.15, 0.2) is 5.78 Å². The van der Waals surface area contributed by atoms with Crippen molar-refractivity contribution in [2.45, 2.75) is 83.1 Å². The monoisotopic (exact) mass is 410 g/mol. The number of rotatable bonds is 1. The van der Waals surface area contributed by atoms with Crippen LogP contribution >= 0.6 is 0 Å². The summed E-state index contributed by atoms with van der Waals surface area (Å²) in [4.78, 5) is 14.0. The van der Waals surface area contributed by atoms with Gasteiger partial charge < -0.3 is 29.9 Å². The molecule has 3 aliphatic carbocycles. The fraction of sp³-hybridized carbons (Fsp3) is 0.864. The highest BCUT2D eigenvalue weighted by Gasteiger charge is 2.74. The predicted octanol–water partition coefficient (Wildman–Crippen LogP) is 0.576. The number of aliphatic hydroxyl groups is 4. The standard InChI is InChI=1S/C22H34O7/c1-10-12(23)8-22(27)11(2)17-20(5,13(24)7-14-21(17,26)9-29-14)18(25)16(28-6)15(10)19(22,3)4/h11-14,16-17,23-24,26-27H,7-9H2,1-6H3/t11?,12?,13?,14?,16?,17?,20-,21+,22?/m1/s1. The van der Waals surface area contributed by atoms with Crippen LogP contribution < -0.4 is 0 Å². The minimum Gasteiger partial charge on any atom is -0.392 e. The molecular formula is C22H34O7. The average Bonchev–Trinajstić information content (AvgIpc) is 2.64. The van der Waals surface area contributed by atoms with Crippen LogP contribution in [0.2, 0.25) is 0 Å². The van der Waals surface area contributed by atoms with Gasteiger partial charge in [-0.3, -0.25) is 4.79 Å². The van der Waals surface area contributed by atoms with E-state index in [4.69, 9.17) is 9.47 Å². The zero-order valence-corrected chi connectivity index (χ0v) is 18.1. The Balaban J connectivity index is 2.03. The molecule has 0 radical (unpaired) electrons. The molecule has 1 aliphatic heterocycles. The fourth-order valence-corrected chi connectivity index (χ4v) is 7.19. The Morgan fingerprint density at radius 2 is 1.79 bits per heavy atom. The van der Waals surface area contributed by atoms with Crippen LogP contribution in [0, 0.1) is 22.7 Å². The first-order valence-corrected chi connectivity index (χ1v) is 10.5. The van der Waals surface area contributed by atoms with Crippen LogP contribution in [0.1, 0.15) is 47.5 Å². The second-order valence-electron chi connectivity index (χ2n) is 10.4. The maximum Gasteiger partial charge on any atom is 0.174 e. The number of carbonyl (C=O) groups excluding carboxylic acids is 1. The van der Waals surface area contributed by atoms with Crippen molar-refractivity contribution in [1.29, 1.82) is 0 Å². The van der Waals surface area contributed by atoms with Gasteiger partial charge in [-0.1, -0.05) is 20.8 Å². The van der Waals surface area contributed by atoms with Crippen LogP contribution in [0.15, 0.2) is 11.1 Å². The molecule has 2 bridgehead atoms. The summed E-state index contributed by atoms with van der Waals surface area (Å²) in [6, 6.07) is 0. The molecule has 7 heteroatoms. The number of Topliss-reactive ketones (excluding diaryl/α,β-unsaturated/α-hetero) is 1. The third-order valence-electron chi connectivity index (χ3n) is 9.09. The van der Waals surface area contributed by atoms with E-state index in [9.17, 15) is 25.2 Å². The van der Waals surface area contributed by atoms with Crippen molar-refractivity contribution in [3.8, 4) is 0 Å². The highest BCUT2D eigenvalue weighted by Crippen LogP contribution is 2.64. The Labute approximate surface area is 171 Å². The Morgan fingerprint density at radius 1 is 1.17 bits per heavy atom. The van der Waals surface area contributed by atoms with E-state index < -0.39 is 58.3 Å². The van der Waals surface area contributed by atoms with E-state index in [0.717, 1.165) is 0 Å². The number of ether oxygens (including phenoxy) is 2. The average molecular weight is 411 g/mol. The van der Waals surface area contributed by atoms with Crippen LogP contribution in [0.5, 0.6) is 0 Å². The Kier molecular flexibility index (Phi) is 4.51. The molecule has 9 atom stereocenters. The molecule has 0 aromatic rings. The van der Waals surface area contributed by atoms with Crippen molar-refractivity contribution < 1.29 is 34.7 Å². The number of methoxy groups -OCH3 is 1. The number of carbonyl (C=O) groups is 1. The molecule has 1 saturated heterocycles. The maximum atomic E-state index is 14.0. The molecule has 4 rings (SSSR count). The molecule has 4 aliphatic rings. The number of ketones is 1. The summed E-state index contributed by atoms with van der Waals surface area (Å²) in [7, 11) is 1.43. The van der Waals surface area contributed by atoms with Crippen molar-refractivity contribution in [3.05, 3.63) is 11.1 Å². The van der Waals surface area contributed by atoms with E-state index in [1.807, 2.05) is 20.8 Å². The molecule has 0 amide bonds. The van der Waals surface area contributed by atoms with E-state index >= 15 is 0 Å². The molecule has 164 valence electrons. The lowest BCUT2D eigenvalue weighted by Gasteiger charge is -2.67. The lowest BCUT2D eigenvalue weighted by Crippen LogP contribution is -2.78. The summed E-state index contributed by atoms with van der Waals surface area (Å²) in [5, 5.41) is 45.5. The first kappa shape index (κ1) is 21.4. The van der Waals surface area contributed by atoms with Crippen molar-refractivity contribution >= 4 is 5.78 Å². The molecule has 3 fully saturated rings. The molecule has 7 unspecified atom stereocenters. The minimum atomic E-state index is -1.42. The SMILES string of the molecule is COC1C(=O)[C@]2(C)C(O)CC3OC[C@@]3(O)C2C(C)C2(O)CC(O)C(C)=C1C2(C)C. The van der Waals surface area contributed by atoms with E-state index in [1.54, 1.807) is 13.8 Å². The predicted molar refractivity (Wildman–Crippen MR) is 104 cm³/mol. The van der Waals surface area contributed by atoms with Crippen molar-refractivity contribution in [1.82, 2.24) is 0 Å². The molecule has 0 aromatic heterocycles. The van der Waals surface area contributed by atoms with Crippen LogP contribution in [-0.4, -0.2) is 75.5 Å². The van der Waals surface area contributed by atoms with E-state index in [2.05, 4.69) is 0 Å². The molecule has 7 nitrogen and oxygen atoms in total. The molecule has 29 heavy (non-hydrogen) atoms. The Morgan fingerprint density at radius 3 is 2.31 bits per heavy atom. The topological polar surface area (TPSA) is 116 Å². The van der Waals surface area contributed by atoms with Gasteiger partial charge in [0.05, 0.1) is 35.9 Å². The fourth-order valence-electron chi connectivity index (χ4n) is 7.19. The summed E-state index contributed by atoms with van der Waals surface area (Å²) in [6.45, 7) is 9.07. The summed E-state index contributed by atoms with van der Waals surface area (Å²) in [6.07, 6.45) is -3.32. The van der Waals surface area contributed by atoms with Crippen LogP contribution in [0.25, 0.3) is 0 Å². The van der Waals surface area contributed by atoms with Gasteiger partial charge in [0.25, 0.3) is 0 Å². The van der Waals surface area contributed by atoms with Crippen molar-refractivity contribution in [2.24, 2.45) is 22.7 Å². The number of aliphatic hydroxyl groups excluding tert-OH is 2. The smallest absolute Gasteiger partial charge is 0.174 e. The Bertz CT molecular complexity index is 775. The van der Waals surface area contributed by atoms with Crippen LogP contribution in [0.3, 0.4) is 0 Å². The summed E-state index contributed by atoms with van der Waals surface area (Å²) >= 11 is 0. The third-order valence-corrected chi connectivity index (χ3v) is 9.09. The van der Waals surface area contributed by atoms with Crippen LogP contribution in [0.4, 0.5) is 0 Å². The number of fused-ring (bicyclic) bond motifs is 5. The zero-order valence-electron chi connectivity index (χ0n) is 18.1. The second kappa shape index (κ2) is 6.11. The highest BCUT2D eigenvalue weighted by atomic mass is 16.6. The van der Waals surface area contributed by atoms with Crippen molar-refractivity contribution in [3.63, 3.8) is 0 Å². The normalized spacial score (nSPS) is 54.1. The lowest BCUT2D eigenvalue weighted by molar-refractivity contribution is -0.335. The first-order valence-electron chi connectivity index (χ1n) is 10.5. The van der Waals surface area contributed by atoms with Gasteiger partial charge >= 0.3 is 0 Å². The second-order valence-corrected chi connectivity index (χ2v) is 10.4. The van der Waals surface area contributed by atoms with Gasteiger partial charge in [-0.2, -0.15) is 0 Å². The first-order chi connectivity index (χ1) is 13.3. The van der Waals surface area contributed by atoms with E-state index in [-0.39, 0.29) is 25.2 Å². The summed E-state index contributed by atoms with van der Waals surface area (Å²) in [5.41, 5.74) is -3.75. The summed E-state index contributed by atoms with van der Waals surface area (Å²) < 4.78 is 11.2. The molecule has 0 aromatic carbocycles. The van der Waals surface area contributed by atoms with E-state index in [1.165, 1.54) is 7.11 Å². The van der Waals surface area contributed by atoms with Crippen molar-refractivity contribution in [2.75, 3.05) is 13.7 Å². The van der Waals surface area contributed by atoms with Gasteiger partial charge in [0, 0.05) is 31.3 Å². The minimum absolute atomic E-state index is 0.0562. The quantitative estimate of drug-likeness (QED) is 0.467. The summed E-state index contributed by atoms with van der Waals surface area (Å²) in [5.74, 6) is -1.66. The van der Waals surface area contributed by atoms with Gasteiger partial charge in [0.1, 0.15) is 11.7 Å². The molecule has 0 spiro atoms. The molecule has 1 heterocycles. The Hall–Kier alpha value is -0.830. The van der Waals surface area contributed by atoms with Gasteiger partial charge in [-0.15, -0.1) is 0 Å². The number of hydrogen-bond donors (Lipinski definition) is 4. The van der Waals surface area contributed by atoms with Gasteiger partial charge in [-0.25, -0.2) is 0 Å². The van der Waals surface area contributed by atoms with E-state index in [0.29, 0.717) is 11.1 Å². The maximum absolute atomic E-state index is 14.0. The van der Waals surface area contributed by atoms with Gasteiger partial charge in [0.2, 0.25) is 0 Å². The van der Waals surface area contributed by atoms with Gasteiger partial charge in [-0.05, 0) is 30.9 Å². The molecule has 4 N–H and O–H groups in total. The number of hydrogen-bond acceptors (Lipinski definition) is 7. The zero-order chi connectivity index (χ0) is 21.7. The molecular weight excluding hydrogens is 376 g/mol. The van der Waals surface area contributed by atoms with Crippen LogP contribution in [-0.2, 0) is 14.3 Å². The molecule has 2 saturated carbocycles. The highest BCUT2D eigenvalue weighted by molar-refractivity contribution is 5.93. The lowest BCUT2D eigenvalue weighted by atomic mass is 9.43. The third kappa shape index (κ3) is 2.27. The largest absolute Gasteiger partial charge is 0.392 e.